The van der Waals surface area contributed by atoms with E-state index in [1.54, 1.807) is 0 Å². The summed E-state index contributed by atoms with van der Waals surface area (Å²) in [5, 5.41) is 18.0. The minimum atomic E-state index is -3.36. The zero-order chi connectivity index (χ0) is 15.7. The average molecular weight is 323 g/mol. The Balaban J connectivity index is 2.23. The Kier molecular flexibility index (Phi) is 8.73. The lowest BCUT2D eigenvalue weighted by atomic mass is 9.91. The van der Waals surface area contributed by atoms with Gasteiger partial charge in [0.1, 0.15) is 0 Å². The molecule has 2 N–H and O–H groups in total. The zero-order valence-corrected chi connectivity index (χ0v) is 13.7. The first-order valence-electron chi connectivity index (χ1n) is 7.76. The van der Waals surface area contributed by atoms with Crippen molar-refractivity contribution < 1.29 is 22.8 Å². The third-order valence-corrected chi connectivity index (χ3v) is 4.69. The average Bonchev–Trinajstić information content (AvgIpc) is 2.35. The van der Waals surface area contributed by atoms with E-state index in [2.05, 4.69) is 4.90 Å². The van der Waals surface area contributed by atoms with E-state index in [0.29, 0.717) is 12.6 Å². The fraction of sp³-hybridized carbons (Fsp3) is 1.00. The Morgan fingerprint density at radius 1 is 1.19 bits per heavy atom. The molecule has 21 heavy (non-hydrogen) atoms. The SMILES string of the molecule is CS(=O)(=O)OCCN(CCCCC(CO)CO)C1CCC1. The van der Waals surface area contributed by atoms with Gasteiger partial charge < -0.3 is 10.2 Å². The van der Waals surface area contributed by atoms with Gasteiger partial charge in [-0.1, -0.05) is 12.8 Å². The molecule has 1 aliphatic rings. The lowest BCUT2D eigenvalue weighted by Crippen LogP contribution is -2.42. The Morgan fingerprint density at radius 3 is 2.33 bits per heavy atom. The molecule has 1 fully saturated rings. The molecule has 0 unspecified atom stereocenters. The Morgan fingerprint density at radius 2 is 1.86 bits per heavy atom. The highest BCUT2D eigenvalue weighted by atomic mass is 32.2. The van der Waals surface area contributed by atoms with E-state index < -0.39 is 10.1 Å². The predicted molar refractivity (Wildman–Crippen MR) is 81.5 cm³/mol. The molecule has 0 aromatic carbocycles. The van der Waals surface area contributed by atoms with Crippen LogP contribution in [0.5, 0.6) is 0 Å². The molecule has 0 aromatic rings. The lowest BCUT2D eigenvalue weighted by Gasteiger charge is -2.37. The summed E-state index contributed by atoms with van der Waals surface area (Å²) < 4.78 is 26.8. The van der Waals surface area contributed by atoms with Crippen molar-refractivity contribution in [2.75, 3.05) is 39.2 Å². The second-order valence-electron chi connectivity index (χ2n) is 5.87. The van der Waals surface area contributed by atoms with Crippen LogP contribution in [0.2, 0.25) is 0 Å². The summed E-state index contributed by atoms with van der Waals surface area (Å²) in [5.41, 5.74) is 0. The van der Waals surface area contributed by atoms with Crippen LogP contribution in [0.15, 0.2) is 0 Å². The number of unbranched alkanes of at least 4 members (excludes halogenated alkanes) is 1. The van der Waals surface area contributed by atoms with Gasteiger partial charge in [0.25, 0.3) is 10.1 Å². The maximum atomic E-state index is 11.0. The number of aliphatic hydroxyl groups is 2. The number of hydrogen-bond acceptors (Lipinski definition) is 6. The van der Waals surface area contributed by atoms with Gasteiger partial charge in [-0.3, -0.25) is 9.08 Å². The van der Waals surface area contributed by atoms with Crippen LogP contribution in [0.3, 0.4) is 0 Å². The summed E-state index contributed by atoms with van der Waals surface area (Å²) >= 11 is 0. The third kappa shape index (κ3) is 8.11. The molecule has 0 amide bonds. The van der Waals surface area contributed by atoms with Crippen molar-refractivity contribution in [2.24, 2.45) is 5.92 Å². The molecule has 7 heteroatoms. The van der Waals surface area contributed by atoms with Gasteiger partial charge in [-0.25, -0.2) is 0 Å². The first kappa shape index (κ1) is 18.8. The molecule has 0 heterocycles. The van der Waals surface area contributed by atoms with Gasteiger partial charge in [-0.2, -0.15) is 8.42 Å². The molecule has 1 rings (SSSR count). The maximum absolute atomic E-state index is 11.0. The standard InChI is InChI=1S/C14H29NO5S/c1-21(18,19)20-10-9-15(14-6-4-7-14)8-3-2-5-13(11-16)12-17/h13-14,16-17H,2-12H2,1H3. The van der Waals surface area contributed by atoms with E-state index in [4.69, 9.17) is 14.4 Å². The third-order valence-electron chi connectivity index (χ3n) is 4.09. The number of rotatable bonds is 12. The van der Waals surface area contributed by atoms with Crippen LogP contribution in [0, 0.1) is 5.92 Å². The van der Waals surface area contributed by atoms with E-state index in [0.717, 1.165) is 32.1 Å². The fourth-order valence-electron chi connectivity index (χ4n) is 2.52. The summed E-state index contributed by atoms with van der Waals surface area (Å²) in [6.45, 7) is 1.84. The molecule has 0 saturated heterocycles. The van der Waals surface area contributed by atoms with Crippen LogP contribution in [0.1, 0.15) is 38.5 Å². The van der Waals surface area contributed by atoms with E-state index in [-0.39, 0.29) is 25.7 Å². The molecule has 0 aromatic heterocycles. The van der Waals surface area contributed by atoms with Gasteiger partial charge in [0, 0.05) is 31.7 Å². The highest BCUT2D eigenvalue weighted by Gasteiger charge is 2.24. The number of nitrogens with zero attached hydrogens (tertiary/aromatic N) is 1. The molecule has 126 valence electrons. The molecule has 0 atom stereocenters. The quantitative estimate of drug-likeness (QED) is 0.404. The van der Waals surface area contributed by atoms with Crippen LogP contribution < -0.4 is 0 Å². The predicted octanol–water partition coefficient (Wildman–Crippen LogP) is 0.588. The zero-order valence-electron chi connectivity index (χ0n) is 12.9. The molecule has 0 spiro atoms. The maximum Gasteiger partial charge on any atom is 0.264 e. The van der Waals surface area contributed by atoms with E-state index in [1.807, 2.05) is 0 Å². The summed E-state index contributed by atoms with van der Waals surface area (Å²) in [7, 11) is -3.36. The van der Waals surface area contributed by atoms with Crippen molar-refractivity contribution in [3.05, 3.63) is 0 Å². The van der Waals surface area contributed by atoms with Crippen LogP contribution in [0.4, 0.5) is 0 Å². The summed E-state index contributed by atoms with van der Waals surface area (Å²) in [4.78, 5) is 2.31. The second-order valence-corrected chi connectivity index (χ2v) is 7.52. The summed E-state index contributed by atoms with van der Waals surface area (Å²) in [5.74, 6) is -0.0179. The van der Waals surface area contributed by atoms with Gasteiger partial charge in [-0.05, 0) is 32.2 Å². The number of hydrogen-bond donors (Lipinski definition) is 2. The van der Waals surface area contributed by atoms with Crippen molar-refractivity contribution in [1.29, 1.82) is 0 Å². The summed E-state index contributed by atoms with van der Waals surface area (Å²) in [6, 6.07) is 0.555. The fourth-order valence-corrected chi connectivity index (χ4v) is 2.90. The normalized spacial score (nSPS) is 16.6. The lowest BCUT2D eigenvalue weighted by molar-refractivity contribution is 0.103. The van der Waals surface area contributed by atoms with Gasteiger partial charge in [-0.15, -0.1) is 0 Å². The Hall–Kier alpha value is -0.210. The molecule has 0 radical (unpaired) electrons. The van der Waals surface area contributed by atoms with Gasteiger partial charge in [0.05, 0.1) is 12.9 Å². The van der Waals surface area contributed by atoms with Crippen LogP contribution in [0.25, 0.3) is 0 Å². The first-order chi connectivity index (χ1) is 9.96. The molecular weight excluding hydrogens is 294 g/mol. The second kappa shape index (κ2) is 9.74. The molecule has 0 aliphatic heterocycles. The van der Waals surface area contributed by atoms with Crippen LogP contribution >= 0.6 is 0 Å². The van der Waals surface area contributed by atoms with Crippen molar-refractivity contribution >= 4 is 10.1 Å². The first-order valence-corrected chi connectivity index (χ1v) is 9.58. The van der Waals surface area contributed by atoms with Crippen molar-refractivity contribution in [3.8, 4) is 0 Å². The molecular formula is C14H29NO5S. The molecule has 6 nitrogen and oxygen atoms in total. The highest BCUT2D eigenvalue weighted by molar-refractivity contribution is 7.85. The molecule has 1 saturated carbocycles. The van der Waals surface area contributed by atoms with Crippen molar-refractivity contribution in [3.63, 3.8) is 0 Å². The van der Waals surface area contributed by atoms with E-state index in [1.165, 1.54) is 19.3 Å². The summed E-state index contributed by atoms with van der Waals surface area (Å²) in [6.07, 6.45) is 7.44. The van der Waals surface area contributed by atoms with Gasteiger partial charge in [0.2, 0.25) is 0 Å². The highest BCUT2D eigenvalue weighted by Crippen LogP contribution is 2.25. The van der Waals surface area contributed by atoms with Crippen LogP contribution in [-0.2, 0) is 14.3 Å². The molecule has 0 bridgehead atoms. The Labute approximate surface area is 128 Å². The van der Waals surface area contributed by atoms with Crippen molar-refractivity contribution in [1.82, 2.24) is 4.90 Å². The molecule has 1 aliphatic carbocycles. The topological polar surface area (TPSA) is 87.1 Å². The van der Waals surface area contributed by atoms with E-state index in [9.17, 15) is 8.42 Å². The van der Waals surface area contributed by atoms with Gasteiger partial charge >= 0.3 is 0 Å². The van der Waals surface area contributed by atoms with Crippen molar-refractivity contribution in [2.45, 2.75) is 44.6 Å². The Bertz CT molecular complexity index is 366. The minimum absolute atomic E-state index is 0.0179. The van der Waals surface area contributed by atoms with Crippen LogP contribution in [-0.4, -0.2) is 68.7 Å². The monoisotopic (exact) mass is 323 g/mol. The smallest absolute Gasteiger partial charge is 0.264 e. The van der Waals surface area contributed by atoms with E-state index >= 15 is 0 Å². The minimum Gasteiger partial charge on any atom is -0.396 e. The number of aliphatic hydroxyl groups excluding tert-OH is 2. The largest absolute Gasteiger partial charge is 0.396 e. The van der Waals surface area contributed by atoms with Gasteiger partial charge in [0.15, 0.2) is 0 Å².